The average molecular weight is 681 g/mol. The molecular formula is C37H27Cl2N3O6. The number of nitriles is 1. The van der Waals surface area contributed by atoms with Gasteiger partial charge in [0.05, 0.1) is 34.6 Å². The number of carboxylic acid groups (broad SMARTS) is 1. The van der Waals surface area contributed by atoms with E-state index in [9.17, 15) is 14.4 Å². The molecule has 48 heavy (non-hydrogen) atoms. The molecule has 5 aromatic carbocycles. The Bertz CT molecular complexity index is 1990. The second-order valence-electron chi connectivity index (χ2n) is 10.4. The Hall–Kier alpha value is -5.82. The van der Waals surface area contributed by atoms with Gasteiger partial charge in [0.2, 0.25) is 0 Å². The number of amides is 2. The Kier molecular flexibility index (Phi) is 10.9. The Labute approximate surface area is 286 Å². The van der Waals surface area contributed by atoms with Gasteiger partial charge < -0.3 is 19.9 Å². The fourth-order valence-electron chi connectivity index (χ4n) is 4.64. The van der Waals surface area contributed by atoms with Crippen molar-refractivity contribution in [2.45, 2.75) is 13.0 Å². The van der Waals surface area contributed by atoms with Crippen molar-refractivity contribution in [2.24, 2.45) is 0 Å². The molecule has 240 valence electrons. The van der Waals surface area contributed by atoms with Gasteiger partial charge in [-0.05, 0) is 83.4 Å². The van der Waals surface area contributed by atoms with Gasteiger partial charge in [-0.1, -0.05) is 65.7 Å². The second kappa shape index (κ2) is 15.6. The number of anilines is 1. The summed E-state index contributed by atoms with van der Waals surface area (Å²) in [6.07, 6.45) is -0.936. The van der Waals surface area contributed by atoms with E-state index in [1.165, 1.54) is 11.0 Å². The summed E-state index contributed by atoms with van der Waals surface area (Å²) in [4.78, 5) is 38.8. The van der Waals surface area contributed by atoms with E-state index in [1.807, 2.05) is 18.2 Å². The summed E-state index contributed by atoms with van der Waals surface area (Å²) >= 11 is 12.2. The Morgan fingerprint density at radius 3 is 2.12 bits per heavy atom. The van der Waals surface area contributed by atoms with Crippen molar-refractivity contribution >= 4 is 46.9 Å². The molecule has 5 aromatic rings. The number of halogens is 2. The number of nitrogens with one attached hydrogen (secondary N) is 1. The number of carbonyl (C=O) groups excluding carboxylic acids is 2. The third-order valence-corrected chi connectivity index (χ3v) is 7.78. The highest BCUT2D eigenvalue weighted by Gasteiger charge is 2.21. The van der Waals surface area contributed by atoms with Gasteiger partial charge in [-0.3, -0.25) is 14.5 Å². The second-order valence-corrected chi connectivity index (χ2v) is 11.3. The fourth-order valence-corrected chi connectivity index (χ4v) is 4.92. The summed E-state index contributed by atoms with van der Waals surface area (Å²) in [5.41, 5.74) is 3.62. The molecule has 0 aliphatic heterocycles. The lowest BCUT2D eigenvalue weighted by Crippen LogP contribution is -2.33. The third kappa shape index (κ3) is 8.91. The van der Waals surface area contributed by atoms with Gasteiger partial charge in [0, 0.05) is 23.9 Å². The van der Waals surface area contributed by atoms with E-state index in [0.29, 0.717) is 44.1 Å². The first-order valence-electron chi connectivity index (χ1n) is 14.6. The first-order valence-corrected chi connectivity index (χ1v) is 15.4. The van der Waals surface area contributed by atoms with Gasteiger partial charge in [0.1, 0.15) is 17.2 Å². The molecule has 0 spiro atoms. The molecule has 2 amide bonds. The van der Waals surface area contributed by atoms with Crippen LogP contribution in [0.25, 0.3) is 11.1 Å². The molecule has 0 fully saturated rings. The van der Waals surface area contributed by atoms with Crippen molar-refractivity contribution in [2.75, 3.05) is 11.4 Å². The summed E-state index contributed by atoms with van der Waals surface area (Å²) in [5, 5.41) is 21.3. The largest absolute Gasteiger partial charge is 0.481 e. The van der Waals surface area contributed by atoms with Gasteiger partial charge in [-0.15, -0.1) is 0 Å². The molecule has 5 rings (SSSR count). The van der Waals surface area contributed by atoms with Gasteiger partial charge in [-0.25, -0.2) is 4.79 Å². The maximum atomic E-state index is 13.8. The molecule has 0 aromatic heterocycles. The van der Waals surface area contributed by atoms with Gasteiger partial charge in [0.15, 0.2) is 0 Å². The number of carboxylic acids is 1. The van der Waals surface area contributed by atoms with E-state index in [0.717, 1.165) is 11.1 Å². The van der Waals surface area contributed by atoms with E-state index < -0.39 is 18.0 Å². The molecule has 0 heterocycles. The molecule has 0 bridgehead atoms. The van der Waals surface area contributed by atoms with E-state index in [1.54, 1.807) is 91.0 Å². The van der Waals surface area contributed by atoms with Crippen LogP contribution in [-0.2, 0) is 11.3 Å². The van der Waals surface area contributed by atoms with Crippen molar-refractivity contribution < 1.29 is 29.0 Å². The van der Waals surface area contributed by atoms with Crippen molar-refractivity contribution in [1.82, 2.24) is 5.32 Å². The lowest BCUT2D eigenvalue weighted by atomic mass is 10.0. The lowest BCUT2D eigenvalue weighted by molar-refractivity contribution is -0.136. The highest BCUT2D eigenvalue weighted by Crippen LogP contribution is 2.31. The highest BCUT2D eigenvalue weighted by molar-refractivity contribution is 6.42. The Morgan fingerprint density at radius 2 is 1.44 bits per heavy atom. The quantitative estimate of drug-likeness (QED) is 0.143. The number of benzene rings is 5. The van der Waals surface area contributed by atoms with Crippen LogP contribution in [0.3, 0.4) is 0 Å². The maximum absolute atomic E-state index is 13.8. The van der Waals surface area contributed by atoms with Crippen molar-refractivity contribution in [1.29, 1.82) is 5.26 Å². The zero-order valence-corrected chi connectivity index (χ0v) is 26.7. The SMILES string of the molecule is N#Cc1ccc(-c2ccc(OC(=O)N(Cc3cccc(Oc4ccc(Cl)c(Cl)c4)c3)c3cccc(C(=O)NCCC(=O)O)c3)cc2)cc1. The number of nitrogens with zero attached hydrogens (tertiary/aromatic N) is 2. The number of aliphatic carboxylic acids is 1. The summed E-state index contributed by atoms with van der Waals surface area (Å²) in [6.45, 7) is -0.000936. The summed E-state index contributed by atoms with van der Waals surface area (Å²) < 4.78 is 11.8. The van der Waals surface area contributed by atoms with Crippen molar-refractivity contribution in [3.05, 3.63) is 142 Å². The molecule has 0 saturated carbocycles. The molecule has 9 nitrogen and oxygen atoms in total. The number of ether oxygens (including phenoxy) is 2. The molecule has 0 aliphatic carbocycles. The topological polar surface area (TPSA) is 129 Å². The minimum atomic E-state index is -1.03. The minimum Gasteiger partial charge on any atom is -0.481 e. The van der Waals surface area contributed by atoms with Crippen LogP contribution in [0.1, 0.15) is 27.9 Å². The van der Waals surface area contributed by atoms with Gasteiger partial charge in [-0.2, -0.15) is 5.26 Å². The highest BCUT2D eigenvalue weighted by atomic mass is 35.5. The Balaban J connectivity index is 1.39. The predicted molar refractivity (Wildman–Crippen MR) is 183 cm³/mol. The molecule has 2 N–H and O–H groups in total. The van der Waals surface area contributed by atoms with E-state index >= 15 is 0 Å². The zero-order chi connectivity index (χ0) is 34.0. The van der Waals surface area contributed by atoms with Crippen LogP contribution in [0.4, 0.5) is 10.5 Å². The lowest BCUT2D eigenvalue weighted by Gasteiger charge is -2.23. The molecule has 11 heteroatoms. The van der Waals surface area contributed by atoms with Crippen molar-refractivity contribution in [3.63, 3.8) is 0 Å². The smallest absolute Gasteiger partial charge is 0.420 e. The van der Waals surface area contributed by atoms with Gasteiger partial charge in [0.25, 0.3) is 5.91 Å². The van der Waals surface area contributed by atoms with Crippen LogP contribution in [-0.4, -0.2) is 29.6 Å². The first kappa shape index (κ1) is 33.5. The van der Waals surface area contributed by atoms with E-state index in [4.69, 9.17) is 43.0 Å². The number of rotatable bonds is 11. The molecule has 0 saturated heterocycles. The molecule has 0 atom stereocenters. The summed E-state index contributed by atoms with van der Waals surface area (Å²) in [5.74, 6) is -0.259. The third-order valence-electron chi connectivity index (χ3n) is 7.04. The van der Waals surface area contributed by atoms with Crippen LogP contribution >= 0.6 is 23.2 Å². The monoisotopic (exact) mass is 679 g/mol. The predicted octanol–water partition coefficient (Wildman–Crippen LogP) is 8.73. The standard InChI is InChI=1S/C37H27Cl2N3O6/c38-33-16-15-32(21-34(33)39)47-31-6-1-3-25(19-31)23-42(29-5-2-4-28(20-29)36(45)41-18-17-35(43)44)37(46)48-30-13-11-27(12-14-30)26-9-7-24(22-40)8-10-26/h1-16,19-21H,17-18,23H2,(H,41,45)(H,43,44). The molecular weight excluding hydrogens is 653 g/mol. The minimum absolute atomic E-state index is 0.0464. The van der Waals surface area contributed by atoms with Crippen LogP contribution in [0.15, 0.2) is 115 Å². The molecule has 0 unspecified atom stereocenters. The van der Waals surface area contributed by atoms with Crippen LogP contribution < -0.4 is 19.7 Å². The van der Waals surface area contributed by atoms with Crippen LogP contribution in [0, 0.1) is 11.3 Å². The zero-order valence-electron chi connectivity index (χ0n) is 25.2. The normalized spacial score (nSPS) is 10.4. The fraction of sp³-hybridized carbons (Fsp3) is 0.0811. The van der Waals surface area contributed by atoms with E-state index in [2.05, 4.69) is 11.4 Å². The first-order chi connectivity index (χ1) is 23.2. The Morgan fingerprint density at radius 1 is 0.771 bits per heavy atom. The maximum Gasteiger partial charge on any atom is 0.420 e. The summed E-state index contributed by atoms with van der Waals surface area (Å²) in [6, 6.07) is 34.6. The average Bonchev–Trinajstić information content (AvgIpc) is 3.09. The van der Waals surface area contributed by atoms with E-state index in [-0.39, 0.29) is 25.1 Å². The number of carbonyl (C=O) groups is 3. The van der Waals surface area contributed by atoms with Crippen LogP contribution in [0.5, 0.6) is 17.2 Å². The molecule has 0 radical (unpaired) electrons. The molecule has 0 aliphatic rings. The van der Waals surface area contributed by atoms with Crippen LogP contribution in [0.2, 0.25) is 10.0 Å². The number of hydrogen-bond donors (Lipinski definition) is 2. The van der Waals surface area contributed by atoms with Gasteiger partial charge >= 0.3 is 12.1 Å². The van der Waals surface area contributed by atoms with Crippen molar-refractivity contribution in [3.8, 4) is 34.4 Å². The summed E-state index contributed by atoms with van der Waals surface area (Å²) in [7, 11) is 0. The number of hydrogen-bond acceptors (Lipinski definition) is 6.